The van der Waals surface area contributed by atoms with Gasteiger partial charge in [-0.1, -0.05) is 6.42 Å². The average Bonchev–Trinajstić information content (AvgIpc) is 2.98. The highest BCUT2D eigenvalue weighted by atomic mass is 16.4. The molecule has 2 atom stereocenters. The molecule has 0 radical (unpaired) electrons. The van der Waals surface area contributed by atoms with Gasteiger partial charge in [-0.2, -0.15) is 0 Å². The number of carbonyl (C=O) groups is 2. The third kappa shape index (κ3) is 5.18. The number of hydrogen-bond acceptors (Lipinski definition) is 4. The van der Waals surface area contributed by atoms with E-state index in [2.05, 4.69) is 20.6 Å². The van der Waals surface area contributed by atoms with E-state index in [1.807, 2.05) is 0 Å². The van der Waals surface area contributed by atoms with Gasteiger partial charge in [0.15, 0.2) is 0 Å². The van der Waals surface area contributed by atoms with Gasteiger partial charge in [0.2, 0.25) is 5.91 Å². The van der Waals surface area contributed by atoms with Crippen LogP contribution in [-0.2, 0) is 16.0 Å². The molecule has 2 rings (SSSR count). The maximum atomic E-state index is 11.9. The first-order valence-corrected chi connectivity index (χ1v) is 7.38. The topological polar surface area (TPSA) is 107 Å². The van der Waals surface area contributed by atoms with Crippen molar-refractivity contribution in [2.45, 2.75) is 50.6 Å². The predicted octanol–water partition coefficient (Wildman–Crippen LogP) is 0.444. The van der Waals surface area contributed by atoms with Gasteiger partial charge in [-0.25, -0.2) is 9.78 Å². The Bertz CT molecular complexity index is 455. The van der Waals surface area contributed by atoms with Gasteiger partial charge in [0, 0.05) is 30.8 Å². The van der Waals surface area contributed by atoms with Crippen LogP contribution >= 0.6 is 0 Å². The molecule has 1 fully saturated rings. The molecule has 1 aliphatic heterocycles. The maximum Gasteiger partial charge on any atom is 0.326 e. The molecule has 0 aromatic carbocycles. The van der Waals surface area contributed by atoms with Crippen molar-refractivity contribution in [1.82, 2.24) is 20.6 Å². The molecule has 0 bridgehead atoms. The summed E-state index contributed by atoms with van der Waals surface area (Å²) in [6.45, 7) is 1.00. The Hall–Kier alpha value is -1.89. The monoisotopic (exact) mass is 294 g/mol. The number of nitrogens with zero attached hydrogens (tertiary/aromatic N) is 1. The number of carboxylic acids is 1. The molecule has 0 aliphatic carbocycles. The Kier molecular flexibility index (Phi) is 5.74. The third-order valence-corrected chi connectivity index (χ3v) is 3.74. The SMILES string of the molecule is O=C(CCC1CCCCN1)N[C@@H](Cc1cnc[nH]1)C(=O)O. The number of hydrogen-bond donors (Lipinski definition) is 4. The molecule has 21 heavy (non-hydrogen) atoms. The van der Waals surface area contributed by atoms with E-state index in [4.69, 9.17) is 0 Å². The zero-order chi connectivity index (χ0) is 15.1. The predicted molar refractivity (Wildman–Crippen MR) is 76.7 cm³/mol. The second-order valence-corrected chi connectivity index (χ2v) is 5.42. The average molecular weight is 294 g/mol. The van der Waals surface area contributed by atoms with E-state index < -0.39 is 12.0 Å². The summed E-state index contributed by atoms with van der Waals surface area (Å²) in [5, 5.41) is 15.1. The molecule has 2 heterocycles. The molecule has 1 saturated heterocycles. The number of carbonyl (C=O) groups excluding carboxylic acids is 1. The fraction of sp³-hybridized carbons (Fsp3) is 0.643. The Morgan fingerprint density at radius 3 is 2.95 bits per heavy atom. The lowest BCUT2D eigenvalue weighted by molar-refractivity contribution is -0.141. The molecule has 1 unspecified atom stereocenters. The van der Waals surface area contributed by atoms with Crippen LogP contribution in [0.15, 0.2) is 12.5 Å². The zero-order valence-electron chi connectivity index (χ0n) is 12.0. The highest BCUT2D eigenvalue weighted by molar-refractivity contribution is 5.83. The molecule has 1 amide bonds. The molecular weight excluding hydrogens is 272 g/mol. The van der Waals surface area contributed by atoms with E-state index in [0.29, 0.717) is 18.2 Å². The summed E-state index contributed by atoms with van der Waals surface area (Å²) in [4.78, 5) is 29.8. The number of nitrogens with one attached hydrogen (secondary N) is 3. The zero-order valence-corrected chi connectivity index (χ0v) is 12.0. The van der Waals surface area contributed by atoms with Crippen molar-refractivity contribution >= 4 is 11.9 Å². The van der Waals surface area contributed by atoms with Crippen LogP contribution < -0.4 is 10.6 Å². The number of amides is 1. The number of rotatable bonds is 7. The Morgan fingerprint density at radius 1 is 1.48 bits per heavy atom. The number of piperidine rings is 1. The van der Waals surface area contributed by atoms with Crippen molar-refractivity contribution in [3.63, 3.8) is 0 Å². The van der Waals surface area contributed by atoms with Crippen LogP contribution in [0.5, 0.6) is 0 Å². The van der Waals surface area contributed by atoms with Gasteiger partial charge in [0.25, 0.3) is 0 Å². The number of carboxylic acid groups (broad SMARTS) is 1. The highest BCUT2D eigenvalue weighted by Crippen LogP contribution is 2.11. The Labute approximate surface area is 123 Å². The van der Waals surface area contributed by atoms with E-state index in [9.17, 15) is 14.7 Å². The van der Waals surface area contributed by atoms with Crippen LogP contribution in [0.3, 0.4) is 0 Å². The minimum absolute atomic E-state index is 0.211. The number of imidazole rings is 1. The minimum atomic E-state index is -1.03. The van der Waals surface area contributed by atoms with Crippen molar-refractivity contribution < 1.29 is 14.7 Å². The molecule has 1 aliphatic rings. The summed E-state index contributed by atoms with van der Waals surface area (Å²) in [5.74, 6) is -1.25. The number of aliphatic carboxylic acids is 1. The van der Waals surface area contributed by atoms with Crippen LogP contribution in [0.25, 0.3) is 0 Å². The fourth-order valence-electron chi connectivity index (χ4n) is 2.56. The van der Waals surface area contributed by atoms with Crippen molar-refractivity contribution in [3.05, 3.63) is 18.2 Å². The normalized spacial score (nSPS) is 19.9. The van der Waals surface area contributed by atoms with Gasteiger partial charge < -0.3 is 20.7 Å². The summed E-state index contributed by atoms with van der Waals surface area (Å²) >= 11 is 0. The lowest BCUT2D eigenvalue weighted by Crippen LogP contribution is -2.43. The molecule has 7 heteroatoms. The van der Waals surface area contributed by atoms with Gasteiger partial charge in [0.1, 0.15) is 6.04 Å². The van der Waals surface area contributed by atoms with Crippen LogP contribution in [0.2, 0.25) is 0 Å². The van der Waals surface area contributed by atoms with Crippen LogP contribution in [0, 0.1) is 0 Å². The smallest absolute Gasteiger partial charge is 0.326 e. The second kappa shape index (κ2) is 7.78. The van der Waals surface area contributed by atoms with Gasteiger partial charge >= 0.3 is 5.97 Å². The first kappa shape index (κ1) is 15.5. The quantitative estimate of drug-likeness (QED) is 0.584. The van der Waals surface area contributed by atoms with Gasteiger partial charge in [-0.15, -0.1) is 0 Å². The Balaban J connectivity index is 1.76. The molecule has 0 spiro atoms. The first-order chi connectivity index (χ1) is 10.1. The van der Waals surface area contributed by atoms with E-state index in [1.54, 1.807) is 6.20 Å². The molecule has 7 nitrogen and oxygen atoms in total. The molecule has 116 valence electrons. The van der Waals surface area contributed by atoms with Crippen molar-refractivity contribution in [2.24, 2.45) is 0 Å². The van der Waals surface area contributed by atoms with Gasteiger partial charge in [0.05, 0.1) is 6.33 Å². The summed E-state index contributed by atoms with van der Waals surface area (Å²) in [5.41, 5.74) is 0.691. The second-order valence-electron chi connectivity index (χ2n) is 5.42. The van der Waals surface area contributed by atoms with E-state index in [-0.39, 0.29) is 12.3 Å². The molecular formula is C14H22N4O3. The molecule has 1 aromatic heterocycles. The maximum absolute atomic E-state index is 11.9. The van der Waals surface area contributed by atoms with Gasteiger partial charge in [-0.3, -0.25) is 4.79 Å². The van der Waals surface area contributed by atoms with Crippen molar-refractivity contribution in [1.29, 1.82) is 0 Å². The summed E-state index contributed by atoms with van der Waals surface area (Å²) in [7, 11) is 0. The molecule has 4 N–H and O–H groups in total. The first-order valence-electron chi connectivity index (χ1n) is 7.38. The number of H-pyrrole nitrogens is 1. The van der Waals surface area contributed by atoms with E-state index >= 15 is 0 Å². The number of aromatic nitrogens is 2. The third-order valence-electron chi connectivity index (χ3n) is 3.74. The van der Waals surface area contributed by atoms with Crippen LogP contribution in [0.1, 0.15) is 37.8 Å². The van der Waals surface area contributed by atoms with E-state index in [0.717, 1.165) is 19.4 Å². The van der Waals surface area contributed by atoms with Gasteiger partial charge in [-0.05, 0) is 25.8 Å². The highest BCUT2D eigenvalue weighted by Gasteiger charge is 2.21. The van der Waals surface area contributed by atoms with Crippen molar-refractivity contribution in [3.8, 4) is 0 Å². The lowest BCUT2D eigenvalue weighted by Gasteiger charge is -2.23. The van der Waals surface area contributed by atoms with Crippen LogP contribution in [-0.4, -0.2) is 45.6 Å². The summed E-state index contributed by atoms with van der Waals surface area (Å²) in [6.07, 6.45) is 7.84. The fourth-order valence-corrected chi connectivity index (χ4v) is 2.56. The molecule has 1 aromatic rings. The van der Waals surface area contributed by atoms with Crippen LogP contribution in [0.4, 0.5) is 0 Å². The molecule has 0 saturated carbocycles. The minimum Gasteiger partial charge on any atom is -0.480 e. The largest absolute Gasteiger partial charge is 0.480 e. The van der Waals surface area contributed by atoms with E-state index in [1.165, 1.54) is 19.2 Å². The number of aromatic amines is 1. The van der Waals surface area contributed by atoms with Crippen molar-refractivity contribution in [2.75, 3.05) is 6.54 Å². The standard InChI is InChI=1S/C14H22N4O3/c19-13(5-4-10-3-1-2-6-16-10)18-12(14(20)21)7-11-8-15-9-17-11/h8-10,12,16H,1-7H2,(H,15,17)(H,18,19)(H,20,21)/t10?,12-/m0/s1. The summed E-state index contributed by atoms with van der Waals surface area (Å²) in [6, 6.07) is -0.544. The lowest BCUT2D eigenvalue weighted by atomic mass is 10.0. The summed E-state index contributed by atoms with van der Waals surface area (Å²) < 4.78 is 0. The Morgan fingerprint density at radius 2 is 2.33 bits per heavy atom.